The molecule has 0 bridgehead atoms. The van der Waals surface area contributed by atoms with E-state index in [0.29, 0.717) is 23.4 Å². The summed E-state index contributed by atoms with van der Waals surface area (Å²) in [7, 11) is -0.747. The van der Waals surface area contributed by atoms with Crippen molar-refractivity contribution in [1.29, 1.82) is 0 Å². The number of hydrogen-bond donors (Lipinski definition) is 1. The average Bonchev–Trinajstić information content (AvgIpc) is 2.92. The molecule has 1 aliphatic heterocycles. The second-order valence-corrected chi connectivity index (χ2v) is 10.9. The van der Waals surface area contributed by atoms with Crippen LogP contribution in [0.1, 0.15) is 55.1 Å². The standard InChI is InChI=1S/C28H32N2O5S/c1-5-28(6-2)19-25(24-9-7-8-10-26(24)35-28)29-27(31)20-11-13-21(14-12-20)30(3)36(32,33)23-17-15-22(34-4)16-18-23/h7-18,25H,5-6,19H2,1-4H3,(H,29,31)/t25-/m0/s1. The van der Waals surface area contributed by atoms with Crippen LogP contribution in [0.2, 0.25) is 0 Å². The fourth-order valence-electron chi connectivity index (χ4n) is 4.54. The number of nitrogens with one attached hydrogen (secondary N) is 1. The first-order valence-corrected chi connectivity index (χ1v) is 13.5. The maximum Gasteiger partial charge on any atom is 0.264 e. The van der Waals surface area contributed by atoms with Gasteiger partial charge in [0.15, 0.2) is 0 Å². The number of sulfonamides is 1. The van der Waals surface area contributed by atoms with E-state index in [1.54, 1.807) is 36.4 Å². The lowest BCUT2D eigenvalue weighted by molar-refractivity contribution is 0.0227. The van der Waals surface area contributed by atoms with Gasteiger partial charge in [0, 0.05) is 24.6 Å². The summed E-state index contributed by atoms with van der Waals surface area (Å²) in [5.74, 6) is 1.16. The summed E-state index contributed by atoms with van der Waals surface area (Å²) in [5.41, 5.74) is 1.55. The van der Waals surface area contributed by atoms with Gasteiger partial charge in [-0.1, -0.05) is 32.0 Å². The van der Waals surface area contributed by atoms with Crippen LogP contribution < -0.4 is 19.1 Å². The van der Waals surface area contributed by atoms with Crippen molar-refractivity contribution in [3.63, 3.8) is 0 Å². The minimum absolute atomic E-state index is 0.154. The van der Waals surface area contributed by atoms with Crippen LogP contribution in [0.25, 0.3) is 0 Å². The molecule has 0 aliphatic carbocycles. The highest BCUT2D eigenvalue weighted by Crippen LogP contribution is 2.42. The Balaban J connectivity index is 1.52. The third kappa shape index (κ3) is 4.91. The van der Waals surface area contributed by atoms with Crippen LogP contribution in [0.4, 0.5) is 5.69 Å². The van der Waals surface area contributed by atoms with Gasteiger partial charge in [0.2, 0.25) is 0 Å². The smallest absolute Gasteiger partial charge is 0.264 e. The summed E-state index contributed by atoms with van der Waals surface area (Å²) in [6.45, 7) is 4.21. The minimum Gasteiger partial charge on any atom is -0.497 e. The molecule has 8 heteroatoms. The van der Waals surface area contributed by atoms with E-state index < -0.39 is 10.0 Å². The number of anilines is 1. The maximum atomic E-state index is 13.2. The second-order valence-electron chi connectivity index (χ2n) is 8.96. The monoisotopic (exact) mass is 508 g/mol. The number of ether oxygens (including phenoxy) is 2. The van der Waals surface area contributed by atoms with Gasteiger partial charge in [-0.3, -0.25) is 9.10 Å². The zero-order valence-corrected chi connectivity index (χ0v) is 21.8. The lowest BCUT2D eigenvalue weighted by atomic mass is 9.83. The number of nitrogens with zero attached hydrogens (tertiary/aromatic N) is 1. The zero-order chi connectivity index (χ0) is 25.9. The molecule has 0 aromatic heterocycles. The SMILES string of the molecule is CCC1(CC)C[C@H](NC(=O)c2ccc(N(C)S(=O)(=O)c3ccc(OC)cc3)cc2)c2ccccc2O1. The Hall–Kier alpha value is -3.52. The van der Waals surface area contributed by atoms with Gasteiger partial charge in [-0.15, -0.1) is 0 Å². The first kappa shape index (κ1) is 25.6. The van der Waals surface area contributed by atoms with Gasteiger partial charge in [-0.05, 0) is 67.4 Å². The van der Waals surface area contributed by atoms with E-state index in [-0.39, 0.29) is 22.4 Å². The van der Waals surface area contributed by atoms with Gasteiger partial charge < -0.3 is 14.8 Å². The second kappa shape index (κ2) is 10.2. The quantitative estimate of drug-likeness (QED) is 0.444. The lowest BCUT2D eigenvalue weighted by Gasteiger charge is -2.41. The van der Waals surface area contributed by atoms with E-state index >= 15 is 0 Å². The molecule has 0 unspecified atom stereocenters. The number of para-hydroxylation sites is 1. The number of hydrogen-bond acceptors (Lipinski definition) is 5. The summed E-state index contributed by atoms with van der Waals surface area (Å²) in [5, 5.41) is 3.17. The summed E-state index contributed by atoms with van der Waals surface area (Å²) in [6, 6.07) is 20.4. The van der Waals surface area contributed by atoms with Gasteiger partial charge in [-0.25, -0.2) is 8.42 Å². The maximum absolute atomic E-state index is 13.2. The molecule has 0 spiro atoms. The first-order chi connectivity index (χ1) is 17.2. The molecule has 1 heterocycles. The predicted octanol–water partition coefficient (Wildman–Crippen LogP) is 5.33. The van der Waals surface area contributed by atoms with E-state index in [1.165, 1.54) is 30.6 Å². The number of benzene rings is 3. The molecule has 0 saturated carbocycles. The third-order valence-electron chi connectivity index (χ3n) is 7.00. The molecule has 190 valence electrons. The highest BCUT2D eigenvalue weighted by molar-refractivity contribution is 7.92. The van der Waals surface area contributed by atoms with E-state index in [4.69, 9.17) is 9.47 Å². The van der Waals surface area contributed by atoms with Crippen LogP contribution in [-0.4, -0.2) is 34.1 Å². The van der Waals surface area contributed by atoms with Gasteiger partial charge in [0.25, 0.3) is 15.9 Å². The minimum atomic E-state index is -3.76. The first-order valence-electron chi connectivity index (χ1n) is 12.0. The van der Waals surface area contributed by atoms with Crippen LogP contribution in [0, 0.1) is 0 Å². The predicted molar refractivity (Wildman–Crippen MR) is 140 cm³/mol. The van der Waals surface area contributed by atoms with Crippen LogP contribution in [0.15, 0.2) is 77.7 Å². The summed E-state index contributed by atoms with van der Waals surface area (Å²) < 4.78 is 38.7. The molecule has 3 aromatic rings. The molecule has 1 N–H and O–H groups in total. The molecule has 4 rings (SSSR count). The van der Waals surface area contributed by atoms with Crippen molar-refractivity contribution in [3.8, 4) is 11.5 Å². The summed E-state index contributed by atoms with van der Waals surface area (Å²) in [6.07, 6.45) is 2.37. The van der Waals surface area contributed by atoms with E-state index in [2.05, 4.69) is 19.2 Å². The van der Waals surface area contributed by atoms with Gasteiger partial charge in [0.1, 0.15) is 17.1 Å². The topological polar surface area (TPSA) is 84.9 Å². The number of rotatable bonds is 8. The van der Waals surface area contributed by atoms with Gasteiger partial charge >= 0.3 is 0 Å². The molecule has 1 aliphatic rings. The highest BCUT2D eigenvalue weighted by Gasteiger charge is 2.39. The van der Waals surface area contributed by atoms with Gasteiger partial charge in [-0.2, -0.15) is 0 Å². The van der Waals surface area contributed by atoms with E-state index in [1.807, 2.05) is 24.3 Å². The zero-order valence-electron chi connectivity index (χ0n) is 21.0. The molecule has 36 heavy (non-hydrogen) atoms. The van der Waals surface area contributed by atoms with Crippen molar-refractivity contribution >= 4 is 21.6 Å². The van der Waals surface area contributed by atoms with E-state index in [9.17, 15) is 13.2 Å². The third-order valence-corrected chi connectivity index (χ3v) is 8.80. The van der Waals surface area contributed by atoms with Crippen molar-refractivity contribution in [2.24, 2.45) is 0 Å². The number of methoxy groups -OCH3 is 1. The fraction of sp³-hybridized carbons (Fsp3) is 0.321. The summed E-state index contributed by atoms with van der Waals surface area (Å²) >= 11 is 0. The van der Waals surface area contributed by atoms with Crippen molar-refractivity contribution in [2.75, 3.05) is 18.5 Å². The number of carbonyl (C=O) groups is 1. The van der Waals surface area contributed by atoms with Crippen LogP contribution in [-0.2, 0) is 10.0 Å². The van der Waals surface area contributed by atoms with E-state index in [0.717, 1.165) is 24.2 Å². The van der Waals surface area contributed by atoms with Gasteiger partial charge in [0.05, 0.1) is 23.7 Å². The highest BCUT2D eigenvalue weighted by atomic mass is 32.2. The molecule has 0 fully saturated rings. The Morgan fingerprint density at radius 3 is 2.28 bits per heavy atom. The van der Waals surface area contributed by atoms with Crippen molar-refractivity contribution in [1.82, 2.24) is 5.32 Å². The van der Waals surface area contributed by atoms with Crippen LogP contribution in [0.3, 0.4) is 0 Å². The molecule has 3 aromatic carbocycles. The molecule has 0 radical (unpaired) electrons. The van der Waals surface area contributed by atoms with Crippen molar-refractivity contribution in [3.05, 3.63) is 83.9 Å². The lowest BCUT2D eigenvalue weighted by Crippen LogP contribution is -2.44. The number of amides is 1. The Bertz CT molecular complexity index is 1320. The van der Waals surface area contributed by atoms with Crippen LogP contribution >= 0.6 is 0 Å². The summed E-state index contributed by atoms with van der Waals surface area (Å²) in [4.78, 5) is 13.3. The fourth-order valence-corrected chi connectivity index (χ4v) is 5.73. The number of fused-ring (bicyclic) bond motifs is 1. The van der Waals surface area contributed by atoms with Crippen molar-refractivity contribution < 1.29 is 22.7 Å². The molecule has 1 atom stereocenters. The van der Waals surface area contributed by atoms with Crippen LogP contribution in [0.5, 0.6) is 11.5 Å². The Morgan fingerprint density at radius 1 is 1.03 bits per heavy atom. The Kier molecular flexibility index (Phi) is 7.26. The Labute approximate surface area is 213 Å². The molecule has 7 nitrogen and oxygen atoms in total. The normalized spacial score (nSPS) is 16.4. The Morgan fingerprint density at radius 2 is 1.67 bits per heavy atom. The van der Waals surface area contributed by atoms with Crippen molar-refractivity contribution in [2.45, 2.75) is 49.6 Å². The average molecular weight is 509 g/mol. The molecular weight excluding hydrogens is 476 g/mol. The number of carbonyl (C=O) groups excluding carboxylic acids is 1. The molecule has 1 amide bonds. The molecular formula is C28H32N2O5S. The largest absolute Gasteiger partial charge is 0.497 e. The molecule has 0 saturated heterocycles.